The van der Waals surface area contributed by atoms with Crippen molar-refractivity contribution in [3.05, 3.63) is 35.6 Å². The van der Waals surface area contributed by atoms with E-state index in [-0.39, 0.29) is 29.2 Å². The number of esters is 1. The number of methoxy groups -OCH3 is 1. The molecule has 0 aromatic heterocycles. The van der Waals surface area contributed by atoms with Crippen LogP contribution >= 0.6 is 0 Å². The molecule has 2 amide bonds. The summed E-state index contributed by atoms with van der Waals surface area (Å²) in [5, 5.41) is 2.90. The second kappa shape index (κ2) is 10.9. The van der Waals surface area contributed by atoms with Crippen molar-refractivity contribution < 1.29 is 18.7 Å². The number of amides is 2. The van der Waals surface area contributed by atoms with Gasteiger partial charge in [0.05, 0.1) is 7.11 Å². The molecule has 1 aromatic rings. The summed E-state index contributed by atoms with van der Waals surface area (Å²) >= 11 is 0. The average Bonchev–Trinajstić information content (AvgIpc) is 2.80. The van der Waals surface area contributed by atoms with E-state index in [2.05, 4.69) is 24.1 Å². The maximum atomic E-state index is 13.6. The van der Waals surface area contributed by atoms with Gasteiger partial charge in [-0.05, 0) is 55.3 Å². The molecule has 0 bridgehead atoms. The van der Waals surface area contributed by atoms with Crippen LogP contribution in [0.3, 0.4) is 0 Å². The van der Waals surface area contributed by atoms with Crippen LogP contribution in [0, 0.1) is 23.1 Å². The molecule has 2 aliphatic rings. The van der Waals surface area contributed by atoms with Crippen LogP contribution in [-0.4, -0.2) is 61.1 Å². The Kier molecular flexibility index (Phi) is 8.38. The van der Waals surface area contributed by atoms with E-state index < -0.39 is 12.0 Å². The van der Waals surface area contributed by atoms with Crippen molar-refractivity contribution in [3.8, 4) is 0 Å². The van der Waals surface area contributed by atoms with Gasteiger partial charge >= 0.3 is 12.0 Å². The number of piperidine rings is 1. The predicted molar refractivity (Wildman–Crippen MR) is 127 cm³/mol. The Labute approximate surface area is 197 Å². The van der Waals surface area contributed by atoms with Gasteiger partial charge in [0.2, 0.25) is 0 Å². The van der Waals surface area contributed by atoms with Crippen LogP contribution < -0.4 is 5.32 Å². The van der Waals surface area contributed by atoms with Gasteiger partial charge in [0, 0.05) is 31.1 Å². The van der Waals surface area contributed by atoms with E-state index in [1.807, 2.05) is 30.9 Å². The second-order valence-corrected chi connectivity index (χ2v) is 10.3. The summed E-state index contributed by atoms with van der Waals surface area (Å²) in [7, 11) is 1.35. The molecule has 1 spiro atoms. The maximum absolute atomic E-state index is 13.6. The van der Waals surface area contributed by atoms with Crippen molar-refractivity contribution in [2.24, 2.45) is 17.3 Å². The molecular weight excluding hydrogens is 421 g/mol. The van der Waals surface area contributed by atoms with E-state index in [0.29, 0.717) is 19.0 Å². The fourth-order valence-electron chi connectivity index (χ4n) is 5.31. The minimum atomic E-state index is -0.634. The van der Waals surface area contributed by atoms with E-state index in [1.165, 1.54) is 7.11 Å². The highest BCUT2D eigenvalue weighted by Crippen LogP contribution is 2.55. The van der Waals surface area contributed by atoms with E-state index in [9.17, 15) is 14.0 Å². The molecule has 2 aliphatic heterocycles. The molecule has 6 nitrogen and oxygen atoms in total. The Morgan fingerprint density at radius 2 is 1.82 bits per heavy atom. The fraction of sp³-hybridized carbons (Fsp3) is 0.692. The Bertz CT molecular complexity index is 806. The number of likely N-dealkylation sites (tertiary alicyclic amines) is 2. The highest BCUT2D eigenvalue weighted by molar-refractivity contribution is 5.83. The molecule has 0 saturated carbocycles. The van der Waals surface area contributed by atoms with Crippen LogP contribution in [0.5, 0.6) is 0 Å². The van der Waals surface area contributed by atoms with E-state index in [4.69, 9.17) is 4.74 Å². The molecular formula is C26H40FN3O3. The standard InChI is InChI=1S/C26H40FN3O3/c1-6-19(4)22(24(31)33-5)28-25(32)29-15-12-26(13-16-29)17-30(14-11-18(2)3)23(26)20-7-9-21(27)10-8-20/h7-10,18-19,22-23H,6,11-17H2,1-5H3,(H,28,32)/t19-,22-,23?/m0/s1. The van der Waals surface area contributed by atoms with Crippen LogP contribution in [-0.2, 0) is 9.53 Å². The minimum Gasteiger partial charge on any atom is -0.467 e. The van der Waals surface area contributed by atoms with Crippen molar-refractivity contribution in [2.45, 2.75) is 65.5 Å². The third kappa shape index (κ3) is 5.68. The molecule has 2 heterocycles. The first-order valence-corrected chi connectivity index (χ1v) is 12.3. The Morgan fingerprint density at radius 1 is 1.18 bits per heavy atom. The van der Waals surface area contributed by atoms with E-state index >= 15 is 0 Å². The lowest BCUT2D eigenvalue weighted by Crippen LogP contribution is -2.63. The predicted octanol–water partition coefficient (Wildman–Crippen LogP) is 4.61. The van der Waals surface area contributed by atoms with Gasteiger partial charge in [0.25, 0.3) is 0 Å². The first-order valence-electron chi connectivity index (χ1n) is 12.3. The van der Waals surface area contributed by atoms with Crippen LogP contribution in [0.15, 0.2) is 24.3 Å². The van der Waals surface area contributed by atoms with Crippen LogP contribution in [0.4, 0.5) is 9.18 Å². The highest BCUT2D eigenvalue weighted by Gasteiger charge is 2.54. The third-order valence-electron chi connectivity index (χ3n) is 7.64. The lowest BCUT2D eigenvalue weighted by molar-refractivity contribution is -0.144. The molecule has 0 aliphatic carbocycles. The Balaban J connectivity index is 1.67. The second-order valence-electron chi connectivity index (χ2n) is 10.3. The number of nitrogens with one attached hydrogen (secondary N) is 1. The van der Waals surface area contributed by atoms with Crippen molar-refractivity contribution in [1.82, 2.24) is 15.1 Å². The number of nitrogens with zero attached hydrogens (tertiary/aromatic N) is 2. The SMILES string of the molecule is CC[C@H](C)[C@H](NC(=O)N1CCC2(CC1)CN(CCC(C)C)C2c1ccc(F)cc1)C(=O)OC. The molecule has 1 aromatic carbocycles. The lowest BCUT2D eigenvalue weighted by atomic mass is 9.63. The summed E-state index contributed by atoms with van der Waals surface area (Å²) in [5.74, 6) is 0.0203. The molecule has 2 fully saturated rings. The van der Waals surface area contributed by atoms with Crippen molar-refractivity contribution in [3.63, 3.8) is 0 Å². The van der Waals surface area contributed by atoms with E-state index in [1.54, 1.807) is 12.1 Å². The minimum absolute atomic E-state index is 0.00142. The van der Waals surface area contributed by atoms with Gasteiger partial charge in [-0.1, -0.05) is 46.2 Å². The fourth-order valence-corrected chi connectivity index (χ4v) is 5.31. The van der Waals surface area contributed by atoms with Gasteiger partial charge in [0.1, 0.15) is 11.9 Å². The average molecular weight is 462 g/mol. The van der Waals surface area contributed by atoms with E-state index in [0.717, 1.165) is 44.3 Å². The molecule has 0 radical (unpaired) electrons. The zero-order valence-electron chi connectivity index (χ0n) is 20.8. The number of urea groups is 1. The van der Waals surface area contributed by atoms with Gasteiger partial charge < -0.3 is 15.0 Å². The first-order chi connectivity index (χ1) is 15.7. The topological polar surface area (TPSA) is 61.9 Å². The molecule has 33 heavy (non-hydrogen) atoms. The zero-order chi connectivity index (χ0) is 24.2. The van der Waals surface area contributed by atoms with Crippen molar-refractivity contribution >= 4 is 12.0 Å². The third-order valence-corrected chi connectivity index (χ3v) is 7.64. The number of halogens is 1. The van der Waals surface area contributed by atoms with Gasteiger partial charge in [0.15, 0.2) is 0 Å². The molecule has 3 rings (SSSR count). The summed E-state index contributed by atoms with van der Waals surface area (Å²) in [6.45, 7) is 11.7. The lowest BCUT2D eigenvalue weighted by Gasteiger charge is -2.61. The quantitative estimate of drug-likeness (QED) is 0.575. The number of carbonyl (C=O) groups excluding carboxylic acids is 2. The number of benzene rings is 1. The molecule has 2 saturated heterocycles. The highest BCUT2D eigenvalue weighted by atomic mass is 19.1. The van der Waals surface area contributed by atoms with Gasteiger partial charge in [-0.3, -0.25) is 4.90 Å². The number of rotatable bonds is 8. The van der Waals surface area contributed by atoms with Gasteiger partial charge in [-0.25, -0.2) is 14.0 Å². The molecule has 1 N–H and O–H groups in total. The monoisotopic (exact) mass is 461 g/mol. The smallest absolute Gasteiger partial charge is 0.328 e. The largest absolute Gasteiger partial charge is 0.467 e. The number of ether oxygens (including phenoxy) is 1. The Morgan fingerprint density at radius 3 is 2.36 bits per heavy atom. The van der Waals surface area contributed by atoms with Crippen molar-refractivity contribution in [2.75, 3.05) is 33.3 Å². The van der Waals surface area contributed by atoms with Crippen LogP contribution in [0.25, 0.3) is 0 Å². The zero-order valence-corrected chi connectivity index (χ0v) is 20.8. The maximum Gasteiger partial charge on any atom is 0.328 e. The van der Waals surface area contributed by atoms with Crippen molar-refractivity contribution in [1.29, 1.82) is 0 Å². The summed E-state index contributed by atoms with van der Waals surface area (Å²) in [5.41, 5.74) is 1.26. The first kappa shape index (κ1) is 25.5. The van der Waals surface area contributed by atoms with Gasteiger partial charge in [-0.15, -0.1) is 0 Å². The summed E-state index contributed by atoms with van der Waals surface area (Å²) in [6, 6.07) is 6.34. The summed E-state index contributed by atoms with van der Waals surface area (Å²) in [4.78, 5) is 29.5. The number of hydrogen-bond donors (Lipinski definition) is 1. The van der Waals surface area contributed by atoms with Crippen LogP contribution in [0.2, 0.25) is 0 Å². The molecule has 7 heteroatoms. The van der Waals surface area contributed by atoms with Gasteiger partial charge in [-0.2, -0.15) is 0 Å². The molecule has 184 valence electrons. The summed E-state index contributed by atoms with van der Waals surface area (Å²) in [6.07, 6.45) is 3.70. The summed E-state index contributed by atoms with van der Waals surface area (Å²) < 4.78 is 18.5. The molecule has 1 unspecified atom stereocenters. The normalized spacial score (nSPS) is 22.0. The molecule has 3 atom stereocenters. The number of carbonyl (C=O) groups is 2. The number of hydrogen-bond acceptors (Lipinski definition) is 4. The van der Waals surface area contributed by atoms with Crippen LogP contribution in [0.1, 0.15) is 65.0 Å². The Hall–Kier alpha value is -2.15.